The van der Waals surface area contributed by atoms with Crippen LogP contribution in [0, 0.1) is 5.92 Å². The van der Waals surface area contributed by atoms with E-state index in [9.17, 15) is 4.79 Å². The second kappa shape index (κ2) is 8.02. The van der Waals surface area contributed by atoms with Crippen LogP contribution in [0.3, 0.4) is 0 Å². The zero-order valence-electron chi connectivity index (χ0n) is 14.5. The Hall–Kier alpha value is -2.51. The van der Waals surface area contributed by atoms with Crippen LogP contribution in [-0.4, -0.2) is 33.9 Å². The average Bonchev–Trinajstić information content (AvgIpc) is 3.17. The molecule has 0 aliphatic carbocycles. The summed E-state index contributed by atoms with van der Waals surface area (Å²) in [7, 11) is 0. The first kappa shape index (κ1) is 17.9. The summed E-state index contributed by atoms with van der Waals surface area (Å²) in [6, 6.07) is 9.33. The number of aromatic nitrogens is 3. The van der Waals surface area contributed by atoms with Crippen LogP contribution in [0.15, 0.2) is 48.1 Å². The van der Waals surface area contributed by atoms with Gasteiger partial charge in [-0.3, -0.25) is 4.79 Å². The van der Waals surface area contributed by atoms with Gasteiger partial charge in [-0.15, -0.1) is 11.3 Å². The fourth-order valence-corrected chi connectivity index (χ4v) is 4.03. The monoisotopic (exact) mass is 399 g/mol. The Labute approximate surface area is 166 Å². The van der Waals surface area contributed by atoms with Crippen molar-refractivity contribution in [3.05, 3.63) is 53.1 Å². The van der Waals surface area contributed by atoms with Crippen LogP contribution in [0.1, 0.15) is 12.8 Å². The van der Waals surface area contributed by atoms with Crippen molar-refractivity contribution in [2.45, 2.75) is 12.8 Å². The molecule has 4 rings (SSSR count). The number of amides is 1. The Morgan fingerprint density at radius 3 is 2.70 bits per heavy atom. The number of nitrogens with zero attached hydrogens (tertiary/aromatic N) is 4. The van der Waals surface area contributed by atoms with Gasteiger partial charge in [0.05, 0.1) is 5.69 Å². The number of benzene rings is 1. The molecule has 138 valence electrons. The van der Waals surface area contributed by atoms with Crippen molar-refractivity contribution < 1.29 is 4.79 Å². The van der Waals surface area contributed by atoms with E-state index in [-0.39, 0.29) is 11.8 Å². The largest absolute Gasteiger partial charge is 0.341 e. The highest BCUT2D eigenvalue weighted by Crippen LogP contribution is 2.28. The molecule has 1 N–H and O–H groups in total. The first-order valence-corrected chi connectivity index (χ1v) is 9.99. The molecular formula is C19H18ClN5OS. The van der Waals surface area contributed by atoms with Crippen molar-refractivity contribution >= 4 is 39.9 Å². The number of halogens is 1. The van der Waals surface area contributed by atoms with Gasteiger partial charge in [0.2, 0.25) is 11.9 Å². The lowest BCUT2D eigenvalue weighted by Crippen LogP contribution is -2.38. The van der Waals surface area contributed by atoms with E-state index in [1.807, 2.05) is 29.6 Å². The number of rotatable bonds is 4. The molecule has 0 bridgehead atoms. The number of thiazole rings is 1. The molecule has 0 saturated carbocycles. The second-order valence-corrected chi connectivity index (χ2v) is 7.64. The van der Waals surface area contributed by atoms with E-state index in [4.69, 9.17) is 11.6 Å². The molecule has 8 heteroatoms. The summed E-state index contributed by atoms with van der Waals surface area (Å²) in [5.41, 5.74) is 1.75. The molecule has 1 aliphatic rings. The molecule has 1 fully saturated rings. The van der Waals surface area contributed by atoms with Gasteiger partial charge < -0.3 is 10.2 Å². The molecular weight excluding hydrogens is 382 g/mol. The molecule has 0 atom stereocenters. The average molecular weight is 400 g/mol. The molecule has 3 heterocycles. The van der Waals surface area contributed by atoms with Gasteiger partial charge in [0.1, 0.15) is 0 Å². The van der Waals surface area contributed by atoms with Crippen LogP contribution in [0.5, 0.6) is 0 Å². The SMILES string of the molecule is O=C(Nc1nc(-c2cccc(Cl)c2)cs1)C1CCN(c2ncccn2)CC1. The maximum absolute atomic E-state index is 12.6. The van der Waals surface area contributed by atoms with Crippen LogP contribution < -0.4 is 10.2 Å². The van der Waals surface area contributed by atoms with Gasteiger partial charge in [-0.1, -0.05) is 23.7 Å². The van der Waals surface area contributed by atoms with E-state index >= 15 is 0 Å². The highest BCUT2D eigenvalue weighted by molar-refractivity contribution is 7.14. The van der Waals surface area contributed by atoms with Gasteiger partial charge in [0, 0.05) is 47.4 Å². The molecule has 1 aromatic carbocycles. The summed E-state index contributed by atoms with van der Waals surface area (Å²) in [5.74, 6) is 0.724. The molecule has 2 aromatic heterocycles. The zero-order valence-corrected chi connectivity index (χ0v) is 16.1. The van der Waals surface area contributed by atoms with Crippen molar-refractivity contribution in [1.29, 1.82) is 0 Å². The van der Waals surface area contributed by atoms with E-state index in [1.54, 1.807) is 18.5 Å². The smallest absolute Gasteiger partial charge is 0.229 e. The summed E-state index contributed by atoms with van der Waals surface area (Å²) in [6.45, 7) is 1.54. The quantitative estimate of drug-likeness (QED) is 0.714. The Morgan fingerprint density at radius 2 is 1.96 bits per heavy atom. The summed E-state index contributed by atoms with van der Waals surface area (Å²) in [6.07, 6.45) is 5.02. The third kappa shape index (κ3) is 4.26. The topological polar surface area (TPSA) is 71.0 Å². The van der Waals surface area contributed by atoms with Crippen molar-refractivity contribution in [2.24, 2.45) is 5.92 Å². The summed E-state index contributed by atoms with van der Waals surface area (Å²) in [4.78, 5) is 27.8. The number of anilines is 2. The molecule has 0 spiro atoms. The van der Waals surface area contributed by atoms with E-state index in [0.717, 1.165) is 43.1 Å². The number of nitrogens with one attached hydrogen (secondary N) is 1. The van der Waals surface area contributed by atoms with Crippen LogP contribution in [-0.2, 0) is 4.79 Å². The normalized spacial score (nSPS) is 14.9. The maximum atomic E-state index is 12.6. The Balaban J connectivity index is 1.35. The molecule has 3 aromatic rings. The summed E-state index contributed by atoms with van der Waals surface area (Å²) < 4.78 is 0. The van der Waals surface area contributed by atoms with E-state index < -0.39 is 0 Å². The number of carbonyl (C=O) groups excluding carboxylic acids is 1. The summed E-state index contributed by atoms with van der Waals surface area (Å²) >= 11 is 7.46. The van der Waals surface area contributed by atoms with Gasteiger partial charge in [0.15, 0.2) is 5.13 Å². The molecule has 0 radical (unpaired) electrons. The number of piperidine rings is 1. The van der Waals surface area contributed by atoms with Gasteiger partial charge in [0.25, 0.3) is 0 Å². The number of carbonyl (C=O) groups is 1. The van der Waals surface area contributed by atoms with Gasteiger partial charge in [-0.05, 0) is 31.0 Å². The lowest BCUT2D eigenvalue weighted by atomic mass is 9.96. The molecule has 1 amide bonds. The predicted molar refractivity (Wildman–Crippen MR) is 108 cm³/mol. The number of hydrogen-bond acceptors (Lipinski definition) is 6. The van der Waals surface area contributed by atoms with Crippen LogP contribution in [0.4, 0.5) is 11.1 Å². The van der Waals surface area contributed by atoms with Crippen molar-refractivity contribution in [3.63, 3.8) is 0 Å². The lowest BCUT2D eigenvalue weighted by Gasteiger charge is -2.30. The Morgan fingerprint density at radius 1 is 1.19 bits per heavy atom. The van der Waals surface area contributed by atoms with E-state index in [1.165, 1.54) is 11.3 Å². The second-order valence-electron chi connectivity index (χ2n) is 6.35. The highest BCUT2D eigenvalue weighted by atomic mass is 35.5. The molecule has 1 saturated heterocycles. The van der Waals surface area contributed by atoms with Crippen molar-refractivity contribution in [2.75, 3.05) is 23.3 Å². The third-order valence-corrected chi connectivity index (χ3v) is 5.55. The Bertz CT molecular complexity index is 925. The maximum Gasteiger partial charge on any atom is 0.229 e. The first-order chi connectivity index (χ1) is 13.2. The standard InChI is InChI=1S/C19H18ClN5OS/c20-15-4-1-3-14(11-15)16-12-27-19(23-16)24-17(26)13-5-9-25(10-6-13)18-21-7-2-8-22-18/h1-4,7-8,11-13H,5-6,9-10H2,(H,23,24,26). The fourth-order valence-electron chi connectivity index (χ4n) is 3.12. The first-order valence-electron chi connectivity index (χ1n) is 8.73. The minimum absolute atomic E-state index is 0.0237. The molecule has 27 heavy (non-hydrogen) atoms. The molecule has 0 unspecified atom stereocenters. The van der Waals surface area contributed by atoms with Gasteiger partial charge in [-0.2, -0.15) is 0 Å². The van der Waals surface area contributed by atoms with Gasteiger partial charge in [-0.25, -0.2) is 15.0 Å². The third-order valence-electron chi connectivity index (χ3n) is 4.56. The van der Waals surface area contributed by atoms with Crippen LogP contribution in [0.2, 0.25) is 5.02 Å². The van der Waals surface area contributed by atoms with Crippen molar-refractivity contribution in [1.82, 2.24) is 15.0 Å². The predicted octanol–water partition coefficient (Wildman–Crippen LogP) is 4.11. The van der Waals surface area contributed by atoms with Crippen LogP contribution >= 0.6 is 22.9 Å². The molecule has 6 nitrogen and oxygen atoms in total. The summed E-state index contributed by atoms with van der Waals surface area (Å²) in [5, 5.41) is 6.17. The van der Waals surface area contributed by atoms with Crippen LogP contribution in [0.25, 0.3) is 11.3 Å². The number of hydrogen-bond donors (Lipinski definition) is 1. The minimum Gasteiger partial charge on any atom is -0.341 e. The Kier molecular flexibility index (Phi) is 5.31. The zero-order chi connectivity index (χ0) is 18.6. The molecule has 1 aliphatic heterocycles. The lowest BCUT2D eigenvalue weighted by molar-refractivity contribution is -0.120. The highest BCUT2D eigenvalue weighted by Gasteiger charge is 2.26. The van der Waals surface area contributed by atoms with Crippen molar-refractivity contribution in [3.8, 4) is 11.3 Å². The minimum atomic E-state index is -0.0246. The van der Waals surface area contributed by atoms with E-state index in [0.29, 0.717) is 10.2 Å². The fraction of sp³-hybridized carbons (Fsp3) is 0.263. The van der Waals surface area contributed by atoms with E-state index in [2.05, 4.69) is 25.2 Å². The van der Waals surface area contributed by atoms with Gasteiger partial charge >= 0.3 is 0 Å².